The van der Waals surface area contributed by atoms with E-state index in [0.29, 0.717) is 10.1 Å². The Morgan fingerprint density at radius 2 is 1.55 bits per heavy atom. The zero-order valence-corrected chi connectivity index (χ0v) is 22.0. The van der Waals surface area contributed by atoms with Gasteiger partial charge in [0.1, 0.15) is 15.4 Å². The minimum Gasteiger partial charge on any atom is -0.463 e. The molecule has 0 spiro atoms. The van der Waals surface area contributed by atoms with Crippen LogP contribution in [0.5, 0.6) is 0 Å². The first-order valence-corrected chi connectivity index (χ1v) is 14.2. The first kappa shape index (κ1) is 25.4. The molecule has 7 nitrogen and oxygen atoms in total. The van der Waals surface area contributed by atoms with Crippen LogP contribution in [0.4, 0.5) is 0 Å². The van der Waals surface area contributed by atoms with Gasteiger partial charge < -0.3 is 10.5 Å². The molecule has 2 heterocycles. The highest BCUT2D eigenvalue weighted by Crippen LogP contribution is 2.42. The van der Waals surface area contributed by atoms with Crippen molar-refractivity contribution in [3.8, 4) is 0 Å². The van der Waals surface area contributed by atoms with E-state index in [1.165, 1.54) is 12.1 Å². The Morgan fingerprint density at radius 1 is 0.974 bits per heavy atom. The van der Waals surface area contributed by atoms with Crippen LogP contribution < -0.4 is 20.5 Å². The van der Waals surface area contributed by atoms with E-state index in [9.17, 15) is 18.0 Å². The SMILES string of the molecule is CCOC(=O)C1=c2s/c(=C/c3ccccc3)c(=O)n2C(N)=C(S(=O)(=O)c2ccccc2)[C@@H]1c1ccccc1. The van der Waals surface area contributed by atoms with E-state index in [0.717, 1.165) is 21.5 Å². The Hall–Kier alpha value is -4.21. The second kappa shape index (κ2) is 10.3. The van der Waals surface area contributed by atoms with Crippen LogP contribution in [0.2, 0.25) is 0 Å². The molecule has 0 unspecified atom stereocenters. The molecule has 3 aromatic carbocycles. The minimum atomic E-state index is -4.24. The van der Waals surface area contributed by atoms with E-state index in [1.54, 1.807) is 61.5 Å². The molecule has 192 valence electrons. The van der Waals surface area contributed by atoms with E-state index in [1.807, 2.05) is 30.3 Å². The molecule has 0 saturated carbocycles. The van der Waals surface area contributed by atoms with Crippen LogP contribution >= 0.6 is 11.3 Å². The number of nitrogens with two attached hydrogens (primary N) is 1. The van der Waals surface area contributed by atoms with Crippen LogP contribution in [0.25, 0.3) is 17.5 Å². The van der Waals surface area contributed by atoms with Gasteiger partial charge in [0, 0.05) is 0 Å². The molecule has 0 bridgehead atoms. The Kier molecular flexibility index (Phi) is 6.88. The second-order valence-electron chi connectivity index (χ2n) is 8.51. The highest BCUT2D eigenvalue weighted by Gasteiger charge is 2.42. The van der Waals surface area contributed by atoms with E-state index in [4.69, 9.17) is 10.5 Å². The molecule has 0 radical (unpaired) electrons. The number of hydrogen-bond donors (Lipinski definition) is 1. The Morgan fingerprint density at radius 3 is 2.16 bits per heavy atom. The Labute approximate surface area is 223 Å². The van der Waals surface area contributed by atoms with Crippen LogP contribution in [0.3, 0.4) is 0 Å². The van der Waals surface area contributed by atoms with Crippen LogP contribution in [-0.4, -0.2) is 25.6 Å². The molecule has 0 amide bonds. The number of benzene rings is 3. The van der Waals surface area contributed by atoms with Crippen molar-refractivity contribution in [2.75, 3.05) is 6.61 Å². The number of hydrogen-bond acceptors (Lipinski definition) is 7. The maximum absolute atomic E-state index is 14.1. The lowest BCUT2D eigenvalue weighted by atomic mass is 9.89. The summed E-state index contributed by atoms with van der Waals surface area (Å²) in [6.45, 7) is 1.74. The topological polar surface area (TPSA) is 108 Å². The summed E-state index contributed by atoms with van der Waals surface area (Å²) in [5.74, 6) is -2.03. The van der Waals surface area contributed by atoms with Crippen molar-refractivity contribution < 1.29 is 17.9 Å². The molecule has 9 heteroatoms. The van der Waals surface area contributed by atoms with Crippen molar-refractivity contribution in [2.45, 2.75) is 17.7 Å². The largest absolute Gasteiger partial charge is 0.463 e. The summed E-state index contributed by atoms with van der Waals surface area (Å²) >= 11 is 1.08. The third-order valence-electron chi connectivity index (χ3n) is 6.17. The number of esters is 1. The molecular weight excluding hydrogens is 520 g/mol. The third-order valence-corrected chi connectivity index (χ3v) is 9.19. The van der Waals surface area contributed by atoms with Gasteiger partial charge in [-0.15, -0.1) is 11.3 Å². The first-order chi connectivity index (χ1) is 18.3. The smallest absolute Gasteiger partial charge is 0.338 e. The maximum Gasteiger partial charge on any atom is 0.338 e. The van der Waals surface area contributed by atoms with E-state index in [-0.39, 0.29) is 32.5 Å². The summed E-state index contributed by atoms with van der Waals surface area (Å²) in [7, 11) is -4.24. The van der Waals surface area contributed by atoms with Gasteiger partial charge in [-0.05, 0) is 36.3 Å². The molecule has 0 fully saturated rings. The fourth-order valence-corrected chi connectivity index (χ4v) is 7.36. The zero-order valence-electron chi connectivity index (χ0n) is 20.4. The number of thiazole rings is 1. The molecule has 1 aromatic heterocycles. The van der Waals surface area contributed by atoms with Gasteiger partial charge in [-0.3, -0.25) is 9.36 Å². The fraction of sp³-hybridized carbons (Fsp3) is 0.103. The van der Waals surface area contributed by atoms with Crippen LogP contribution in [-0.2, 0) is 19.4 Å². The summed E-state index contributed by atoms with van der Waals surface area (Å²) in [6, 6.07) is 25.8. The van der Waals surface area contributed by atoms with Gasteiger partial charge in [-0.2, -0.15) is 0 Å². The van der Waals surface area contributed by atoms with Crippen molar-refractivity contribution >= 4 is 44.6 Å². The molecule has 5 rings (SSSR count). The predicted molar refractivity (Wildman–Crippen MR) is 148 cm³/mol. The molecule has 0 aliphatic carbocycles. The van der Waals surface area contributed by atoms with Gasteiger partial charge in [0.25, 0.3) is 5.56 Å². The van der Waals surface area contributed by atoms with Crippen molar-refractivity contribution in [1.29, 1.82) is 0 Å². The molecule has 2 N–H and O–H groups in total. The number of aromatic nitrogens is 1. The lowest BCUT2D eigenvalue weighted by Gasteiger charge is -2.28. The third kappa shape index (κ3) is 4.40. The standard InChI is InChI=1S/C29H24N2O5S2/c1-2-36-29(33)24-23(20-14-8-4-9-15-20)25(38(34,35)21-16-10-5-11-17-21)26(30)31-27(32)22(37-28(24)31)18-19-12-6-3-7-13-19/h3-18,23H,2,30H2,1H3/b22-18+/t23-/m1/s1. The van der Waals surface area contributed by atoms with Gasteiger partial charge in [0.15, 0.2) is 0 Å². The molecule has 0 saturated heterocycles. The number of rotatable bonds is 6. The zero-order chi connectivity index (χ0) is 26.9. The minimum absolute atomic E-state index is 0.00453. The number of sulfone groups is 1. The van der Waals surface area contributed by atoms with Crippen molar-refractivity contribution in [3.05, 3.63) is 127 Å². The van der Waals surface area contributed by atoms with E-state index in [2.05, 4.69) is 0 Å². The van der Waals surface area contributed by atoms with Gasteiger partial charge in [-0.1, -0.05) is 78.9 Å². The summed E-state index contributed by atoms with van der Waals surface area (Å²) in [5, 5.41) is 0. The van der Waals surface area contributed by atoms with Crippen LogP contribution in [0.1, 0.15) is 24.0 Å². The van der Waals surface area contributed by atoms with Gasteiger partial charge in [0.05, 0.1) is 27.5 Å². The van der Waals surface area contributed by atoms with E-state index < -0.39 is 27.3 Å². The predicted octanol–water partition coefficient (Wildman–Crippen LogP) is 2.81. The highest BCUT2D eigenvalue weighted by molar-refractivity contribution is 7.95. The fourth-order valence-electron chi connectivity index (χ4n) is 4.49. The number of allylic oxidation sites excluding steroid dienone is 1. The normalized spacial score (nSPS) is 15.9. The van der Waals surface area contributed by atoms with Gasteiger partial charge >= 0.3 is 5.97 Å². The molecular formula is C29H24N2O5S2. The van der Waals surface area contributed by atoms with Crippen molar-refractivity contribution in [3.63, 3.8) is 0 Å². The molecule has 4 aromatic rings. The van der Waals surface area contributed by atoms with Crippen LogP contribution in [0.15, 0.2) is 106 Å². The van der Waals surface area contributed by atoms with Crippen LogP contribution in [0, 0.1) is 0 Å². The summed E-state index contributed by atoms with van der Waals surface area (Å²) in [4.78, 5) is 26.9. The lowest BCUT2D eigenvalue weighted by molar-refractivity contribution is -0.136. The summed E-state index contributed by atoms with van der Waals surface area (Å²) < 4.78 is 35.3. The Bertz CT molecular complexity index is 1820. The summed E-state index contributed by atoms with van der Waals surface area (Å²) in [6.07, 6.45) is 1.69. The number of fused-ring (bicyclic) bond motifs is 1. The number of carbonyl (C=O) groups excluding carboxylic acids is 1. The number of carbonyl (C=O) groups is 1. The molecule has 1 aliphatic rings. The molecule has 1 aliphatic heterocycles. The average Bonchev–Trinajstić information content (AvgIpc) is 3.25. The Balaban J connectivity index is 1.93. The van der Waals surface area contributed by atoms with E-state index >= 15 is 0 Å². The van der Waals surface area contributed by atoms with Gasteiger partial charge in [-0.25, -0.2) is 13.2 Å². The number of nitrogens with zero attached hydrogens (tertiary/aromatic N) is 1. The summed E-state index contributed by atoms with van der Waals surface area (Å²) in [5.41, 5.74) is 7.43. The average molecular weight is 545 g/mol. The second-order valence-corrected chi connectivity index (χ2v) is 11.5. The van der Waals surface area contributed by atoms with Crippen molar-refractivity contribution in [2.24, 2.45) is 5.73 Å². The molecule has 1 atom stereocenters. The molecule has 38 heavy (non-hydrogen) atoms. The quantitative estimate of drug-likeness (QED) is 0.374. The van der Waals surface area contributed by atoms with Crippen molar-refractivity contribution in [1.82, 2.24) is 4.57 Å². The monoisotopic (exact) mass is 544 g/mol. The lowest BCUT2D eigenvalue weighted by Crippen LogP contribution is -2.41. The highest BCUT2D eigenvalue weighted by atomic mass is 32.2. The maximum atomic E-state index is 14.1. The van der Waals surface area contributed by atoms with Gasteiger partial charge in [0.2, 0.25) is 9.84 Å². The number of ether oxygens (including phenoxy) is 1. The first-order valence-electron chi connectivity index (χ1n) is 11.9.